The van der Waals surface area contributed by atoms with E-state index in [4.69, 9.17) is 20.9 Å². The fourth-order valence-electron chi connectivity index (χ4n) is 1.65. The number of pyridine rings is 1. The summed E-state index contributed by atoms with van der Waals surface area (Å²) in [5.74, 6) is 1.48. The summed E-state index contributed by atoms with van der Waals surface area (Å²) in [6.07, 6.45) is 2.10. The zero-order valence-corrected chi connectivity index (χ0v) is 10.8. The molecule has 2 aromatic rings. The van der Waals surface area contributed by atoms with Gasteiger partial charge in [0.15, 0.2) is 0 Å². The standard InChI is InChI=1S/C12H15N5O2/c1-18-9-4-3-7(11(16-9)19-2)5-8-6-15-12(14)17-10(8)13/h3-4,6H,5H2,1-2H3,(H4,13,14,15,17). The van der Waals surface area contributed by atoms with Gasteiger partial charge in [0.25, 0.3) is 0 Å². The molecule has 4 N–H and O–H groups in total. The van der Waals surface area contributed by atoms with Crippen LogP contribution in [0.15, 0.2) is 18.3 Å². The van der Waals surface area contributed by atoms with Crippen LogP contribution in [0.4, 0.5) is 11.8 Å². The lowest BCUT2D eigenvalue weighted by atomic mass is 10.1. The molecular formula is C12H15N5O2. The first-order valence-corrected chi connectivity index (χ1v) is 5.58. The molecule has 2 heterocycles. The van der Waals surface area contributed by atoms with Gasteiger partial charge in [-0.1, -0.05) is 0 Å². The van der Waals surface area contributed by atoms with Gasteiger partial charge >= 0.3 is 0 Å². The van der Waals surface area contributed by atoms with Crippen molar-refractivity contribution < 1.29 is 9.47 Å². The monoisotopic (exact) mass is 261 g/mol. The summed E-state index contributed by atoms with van der Waals surface area (Å²) >= 11 is 0. The smallest absolute Gasteiger partial charge is 0.221 e. The number of aromatic nitrogens is 3. The minimum atomic E-state index is 0.154. The van der Waals surface area contributed by atoms with Crippen molar-refractivity contribution in [3.8, 4) is 11.8 Å². The summed E-state index contributed by atoms with van der Waals surface area (Å²) in [7, 11) is 3.10. The average Bonchev–Trinajstić information content (AvgIpc) is 2.42. The maximum Gasteiger partial charge on any atom is 0.221 e. The van der Waals surface area contributed by atoms with E-state index in [9.17, 15) is 0 Å². The van der Waals surface area contributed by atoms with Crippen molar-refractivity contribution in [3.63, 3.8) is 0 Å². The number of ether oxygens (including phenoxy) is 2. The molecule has 0 saturated heterocycles. The molecule has 0 bridgehead atoms. The highest BCUT2D eigenvalue weighted by Gasteiger charge is 2.10. The van der Waals surface area contributed by atoms with Crippen molar-refractivity contribution in [1.29, 1.82) is 0 Å². The van der Waals surface area contributed by atoms with Crippen LogP contribution in [0.3, 0.4) is 0 Å². The van der Waals surface area contributed by atoms with E-state index in [1.54, 1.807) is 26.5 Å². The molecule has 7 nitrogen and oxygen atoms in total. The van der Waals surface area contributed by atoms with Crippen molar-refractivity contribution in [3.05, 3.63) is 29.5 Å². The quantitative estimate of drug-likeness (QED) is 0.831. The van der Waals surface area contributed by atoms with Gasteiger partial charge in [0, 0.05) is 29.8 Å². The van der Waals surface area contributed by atoms with Gasteiger partial charge in [0.1, 0.15) is 5.82 Å². The number of nitrogens with two attached hydrogens (primary N) is 2. The largest absolute Gasteiger partial charge is 0.481 e. The molecule has 0 spiro atoms. The molecule has 0 fully saturated rings. The molecule has 100 valence electrons. The minimum absolute atomic E-state index is 0.154. The van der Waals surface area contributed by atoms with Crippen LogP contribution in [-0.2, 0) is 6.42 Å². The van der Waals surface area contributed by atoms with Gasteiger partial charge in [-0.3, -0.25) is 0 Å². The Balaban J connectivity index is 2.32. The van der Waals surface area contributed by atoms with Crippen LogP contribution in [0.25, 0.3) is 0 Å². The Bertz CT molecular complexity index is 588. The third-order valence-corrected chi connectivity index (χ3v) is 2.61. The van der Waals surface area contributed by atoms with E-state index in [2.05, 4.69) is 15.0 Å². The molecule has 0 amide bonds. The van der Waals surface area contributed by atoms with Crippen LogP contribution < -0.4 is 20.9 Å². The van der Waals surface area contributed by atoms with E-state index in [1.165, 1.54) is 0 Å². The van der Waals surface area contributed by atoms with Crippen molar-refractivity contribution in [1.82, 2.24) is 15.0 Å². The van der Waals surface area contributed by atoms with Gasteiger partial charge in [0.2, 0.25) is 17.7 Å². The van der Waals surface area contributed by atoms with Crippen molar-refractivity contribution in [2.75, 3.05) is 25.7 Å². The van der Waals surface area contributed by atoms with E-state index in [0.29, 0.717) is 24.0 Å². The molecule has 0 saturated carbocycles. The van der Waals surface area contributed by atoms with Crippen LogP contribution in [0, 0.1) is 0 Å². The Labute approximate surface area is 110 Å². The van der Waals surface area contributed by atoms with Crippen molar-refractivity contribution in [2.45, 2.75) is 6.42 Å². The second-order valence-electron chi connectivity index (χ2n) is 3.84. The lowest BCUT2D eigenvalue weighted by Gasteiger charge is -2.10. The SMILES string of the molecule is COc1ccc(Cc2cnc(N)nc2N)c(OC)n1. The highest BCUT2D eigenvalue weighted by molar-refractivity contribution is 5.45. The Morgan fingerprint density at radius 3 is 2.47 bits per heavy atom. The van der Waals surface area contributed by atoms with E-state index in [1.807, 2.05) is 6.07 Å². The zero-order valence-electron chi connectivity index (χ0n) is 10.8. The van der Waals surface area contributed by atoms with Crippen LogP contribution in [0.1, 0.15) is 11.1 Å². The van der Waals surface area contributed by atoms with Gasteiger partial charge in [-0.05, 0) is 6.07 Å². The normalized spacial score (nSPS) is 10.2. The first-order valence-electron chi connectivity index (χ1n) is 5.58. The van der Waals surface area contributed by atoms with Gasteiger partial charge in [-0.2, -0.15) is 9.97 Å². The van der Waals surface area contributed by atoms with Gasteiger partial charge in [-0.25, -0.2) is 4.98 Å². The number of hydrogen-bond donors (Lipinski definition) is 2. The maximum absolute atomic E-state index is 5.80. The Kier molecular flexibility index (Phi) is 3.65. The lowest BCUT2D eigenvalue weighted by Crippen LogP contribution is -2.05. The summed E-state index contributed by atoms with van der Waals surface area (Å²) in [5.41, 5.74) is 12.9. The summed E-state index contributed by atoms with van der Waals surface area (Å²) in [6, 6.07) is 3.62. The summed E-state index contributed by atoms with van der Waals surface area (Å²) < 4.78 is 10.3. The molecule has 0 aromatic carbocycles. The predicted octanol–water partition coefficient (Wildman–Crippen LogP) is 0.644. The Morgan fingerprint density at radius 2 is 1.84 bits per heavy atom. The second kappa shape index (κ2) is 5.38. The number of nitrogen functional groups attached to an aromatic ring is 2. The summed E-state index contributed by atoms with van der Waals surface area (Å²) in [6.45, 7) is 0. The molecule has 0 aliphatic carbocycles. The molecular weight excluding hydrogens is 246 g/mol. The number of anilines is 2. The van der Waals surface area contributed by atoms with Crippen molar-refractivity contribution in [2.24, 2.45) is 0 Å². The van der Waals surface area contributed by atoms with E-state index in [0.717, 1.165) is 11.1 Å². The summed E-state index contributed by atoms with van der Waals surface area (Å²) in [4.78, 5) is 12.0. The number of hydrogen-bond acceptors (Lipinski definition) is 7. The third kappa shape index (κ3) is 2.82. The highest BCUT2D eigenvalue weighted by Crippen LogP contribution is 2.24. The van der Waals surface area contributed by atoms with Crippen LogP contribution >= 0.6 is 0 Å². The number of rotatable bonds is 4. The topological polar surface area (TPSA) is 109 Å². The second-order valence-corrected chi connectivity index (χ2v) is 3.84. The molecule has 2 aromatic heterocycles. The van der Waals surface area contributed by atoms with Crippen LogP contribution in [0.2, 0.25) is 0 Å². The van der Waals surface area contributed by atoms with E-state index in [-0.39, 0.29) is 5.95 Å². The lowest BCUT2D eigenvalue weighted by molar-refractivity contribution is 0.362. The Hall–Kier alpha value is -2.57. The van der Waals surface area contributed by atoms with Crippen LogP contribution in [0.5, 0.6) is 11.8 Å². The third-order valence-electron chi connectivity index (χ3n) is 2.61. The van der Waals surface area contributed by atoms with Gasteiger partial charge in [0.05, 0.1) is 14.2 Å². The molecule has 0 unspecified atom stereocenters. The average molecular weight is 261 g/mol. The molecule has 0 aliphatic rings. The molecule has 19 heavy (non-hydrogen) atoms. The fraction of sp³-hybridized carbons (Fsp3) is 0.250. The van der Waals surface area contributed by atoms with Crippen LogP contribution in [-0.4, -0.2) is 29.2 Å². The maximum atomic E-state index is 5.80. The molecule has 2 rings (SSSR count). The fourth-order valence-corrected chi connectivity index (χ4v) is 1.65. The van der Waals surface area contributed by atoms with E-state index >= 15 is 0 Å². The summed E-state index contributed by atoms with van der Waals surface area (Å²) in [5, 5.41) is 0. The van der Waals surface area contributed by atoms with Gasteiger partial charge < -0.3 is 20.9 Å². The first-order chi connectivity index (χ1) is 9.13. The zero-order chi connectivity index (χ0) is 13.8. The minimum Gasteiger partial charge on any atom is -0.481 e. The number of methoxy groups -OCH3 is 2. The molecule has 0 radical (unpaired) electrons. The first kappa shape index (κ1) is 12.9. The molecule has 0 atom stereocenters. The number of nitrogens with zero attached hydrogens (tertiary/aromatic N) is 3. The highest BCUT2D eigenvalue weighted by atomic mass is 16.5. The van der Waals surface area contributed by atoms with Gasteiger partial charge in [-0.15, -0.1) is 0 Å². The Morgan fingerprint density at radius 1 is 1.05 bits per heavy atom. The molecule has 7 heteroatoms. The molecule has 0 aliphatic heterocycles. The predicted molar refractivity (Wildman–Crippen MR) is 71.0 cm³/mol. The van der Waals surface area contributed by atoms with Crippen molar-refractivity contribution >= 4 is 11.8 Å². The van der Waals surface area contributed by atoms with E-state index < -0.39 is 0 Å².